The predicted octanol–water partition coefficient (Wildman–Crippen LogP) is 7.57. The minimum Gasteiger partial charge on any atom is -0.491 e. The van der Waals surface area contributed by atoms with Crippen molar-refractivity contribution in [3.05, 3.63) is 76.6 Å². The zero-order chi connectivity index (χ0) is 28.5. The van der Waals surface area contributed by atoms with Crippen LogP contribution in [-0.2, 0) is 17.9 Å². The highest BCUT2D eigenvalue weighted by Gasteiger charge is 2.29. The molecule has 0 saturated carbocycles. The monoisotopic (exact) mass is 537 g/mol. The molecular formula is C30H36F5NO2. The van der Waals surface area contributed by atoms with E-state index in [1.165, 1.54) is 0 Å². The molecule has 0 amide bonds. The predicted molar refractivity (Wildman–Crippen MR) is 139 cm³/mol. The molecule has 0 aliphatic carbocycles. The summed E-state index contributed by atoms with van der Waals surface area (Å²) in [7, 11) is 0. The van der Waals surface area contributed by atoms with E-state index in [2.05, 4.69) is 44.4 Å². The smallest absolute Gasteiger partial charge is 0.200 e. The molecule has 208 valence electrons. The standard InChI is InChI=1S/C30H36F5NO2/c1-7-30(6,38-19-23-24(31)26(33)28(35)27(34)25(23)32)20-37-22-14-12-13-21(17-22)18-36(8-2)16-11-9-10-15-29(3,4)5/h9,11-14,17H,7-8,16,18-20H2,1-6H3/b11-9+. The fourth-order valence-electron chi connectivity index (χ4n) is 3.32. The maximum Gasteiger partial charge on any atom is 0.200 e. The number of ether oxygens (including phenoxy) is 2. The summed E-state index contributed by atoms with van der Waals surface area (Å²) < 4.78 is 79.9. The van der Waals surface area contributed by atoms with Crippen molar-refractivity contribution in [3.63, 3.8) is 0 Å². The van der Waals surface area contributed by atoms with Crippen molar-refractivity contribution >= 4 is 0 Å². The van der Waals surface area contributed by atoms with Crippen LogP contribution in [0.2, 0.25) is 0 Å². The Kier molecular flexibility index (Phi) is 11.4. The summed E-state index contributed by atoms with van der Waals surface area (Å²) in [4.78, 5) is 2.23. The highest BCUT2D eigenvalue weighted by molar-refractivity contribution is 5.29. The van der Waals surface area contributed by atoms with E-state index in [1.807, 2.05) is 30.4 Å². The molecule has 0 aliphatic heterocycles. The summed E-state index contributed by atoms with van der Waals surface area (Å²) in [5.74, 6) is -3.18. The Morgan fingerprint density at radius 2 is 1.55 bits per heavy atom. The number of hydrogen-bond donors (Lipinski definition) is 0. The van der Waals surface area contributed by atoms with Gasteiger partial charge in [0.25, 0.3) is 0 Å². The van der Waals surface area contributed by atoms with E-state index in [1.54, 1.807) is 19.9 Å². The van der Waals surface area contributed by atoms with E-state index < -0.39 is 46.9 Å². The maximum absolute atomic E-state index is 14.0. The van der Waals surface area contributed by atoms with Crippen molar-refractivity contribution in [3.8, 4) is 17.6 Å². The Morgan fingerprint density at radius 3 is 2.13 bits per heavy atom. The van der Waals surface area contributed by atoms with E-state index in [-0.39, 0.29) is 12.0 Å². The number of benzene rings is 2. The van der Waals surface area contributed by atoms with Gasteiger partial charge in [-0.1, -0.05) is 43.9 Å². The number of halogens is 5. The fourth-order valence-corrected chi connectivity index (χ4v) is 3.32. The van der Waals surface area contributed by atoms with Crippen LogP contribution in [-0.4, -0.2) is 30.2 Å². The minimum absolute atomic E-state index is 0.00895. The quantitative estimate of drug-likeness (QED) is 0.121. The normalized spacial score (nSPS) is 13.5. The fraction of sp³-hybridized carbons (Fsp3) is 0.467. The molecule has 8 heteroatoms. The number of rotatable bonds is 12. The lowest BCUT2D eigenvalue weighted by molar-refractivity contribution is -0.0743. The molecular weight excluding hydrogens is 501 g/mol. The van der Waals surface area contributed by atoms with Crippen LogP contribution >= 0.6 is 0 Å². The summed E-state index contributed by atoms with van der Waals surface area (Å²) in [6.07, 6.45) is 4.26. The molecule has 0 heterocycles. The van der Waals surface area contributed by atoms with Gasteiger partial charge >= 0.3 is 0 Å². The molecule has 0 bridgehead atoms. The highest BCUT2D eigenvalue weighted by Crippen LogP contribution is 2.27. The van der Waals surface area contributed by atoms with Crippen molar-refractivity contribution in [1.29, 1.82) is 0 Å². The van der Waals surface area contributed by atoms with E-state index in [0.717, 1.165) is 18.7 Å². The minimum atomic E-state index is -2.20. The van der Waals surface area contributed by atoms with Crippen LogP contribution in [0.3, 0.4) is 0 Å². The van der Waals surface area contributed by atoms with E-state index in [0.29, 0.717) is 18.7 Å². The van der Waals surface area contributed by atoms with Crippen molar-refractivity contribution in [2.75, 3.05) is 19.7 Å². The van der Waals surface area contributed by atoms with Crippen LogP contribution in [0.4, 0.5) is 22.0 Å². The third kappa shape index (κ3) is 9.14. The Bertz CT molecular complexity index is 1150. The van der Waals surface area contributed by atoms with Crippen molar-refractivity contribution < 1.29 is 31.4 Å². The summed E-state index contributed by atoms with van der Waals surface area (Å²) in [6.45, 7) is 13.1. The zero-order valence-corrected chi connectivity index (χ0v) is 22.9. The van der Waals surface area contributed by atoms with Gasteiger partial charge in [0.05, 0.1) is 17.8 Å². The van der Waals surface area contributed by atoms with Crippen molar-refractivity contribution in [2.24, 2.45) is 5.41 Å². The van der Waals surface area contributed by atoms with Crippen LogP contribution in [0, 0.1) is 46.3 Å². The van der Waals surface area contributed by atoms with Gasteiger partial charge in [-0.05, 0) is 64.4 Å². The maximum atomic E-state index is 14.0. The Labute approximate surface area is 222 Å². The molecule has 0 radical (unpaired) electrons. The van der Waals surface area contributed by atoms with Gasteiger partial charge in [-0.2, -0.15) is 0 Å². The van der Waals surface area contributed by atoms with E-state index in [4.69, 9.17) is 9.47 Å². The summed E-state index contributed by atoms with van der Waals surface area (Å²) in [5, 5.41) is 0. The molecule has 2 rings (SSSR count). The largest absolute Gasteiger partial charge is 0.491 e. The lowest BCUT2D eigenvalue weighted by Crippen LogP contribution is -2.35. The number of allylic oxidation sites excluding steroid dienone is 1. The lowest BCUT2D eigenvalue weighted by Gasteiger charge is -2.29. The zero-order valence-electron chi connectivity index (χ0n) is 22.9. The van der Waals surface area contributed by atoms with Crippen LogP contribution in [0.5, 0.6) is 5.75 Å². The Balaban J connectivity index is 2.02. The van der Waals surface area contributed by atoms with Crippen LogP contribution in [0.25, 0.3) is 0 Å². The van der Waals surface area contributed by atoms with Crippen LogP contribution < -0.4 is 4.74 Å². The molecule has 2 aromatic rings. The van der Waals surface area contributed by atoms with Gasteiger partial charge in [-0.25, -0.2) is 22.0 Å². The molecule has 0 fully saturated rings. The van der Waals surface area contributed by atoms with Gasteiger partial charge < -0.3 is 9.47 Å². The molecule has 2 aromatic carbocycles. The summed E-state index contributed by atoms with van der Waals surface area (Å²) in [5.41, 5.74) is -1.07. The molecule has 1 atom stereocenters. The second-order valence-corrected chi connectivity index (χ2v) is 10.3. The third-order valence-electron chi connectivity index (χ3n) is 5.92. The molecule has 3 nitrogen and oxygen atoms in total. The van der Waals surface area contributed by atoms with Crippen LogP contribution in [0.1, 0.15) is 59.1 Å². The highest BCUT2D eigenvalue weighted by atomic mass is 19.2. The van der Waals surface area contributed by atoms with E-state index in [9.17, 15) is 22.0 Å². The van der Waals surface area contributed by atoms with Gasteiger partial charge in [-0.15, -0.1) is 0 Å². The van der Waals surface area contributed by atoms with Gasteiger partial charge in [0.15, 0.2) is 23.3 Å². The number of nitrogens with zero attached hydrogens (tertiary/aromatic N) is 1. The van der Waals surface area contributed by atoms with Crippen molar-refractivity contribution in [2.45, 2.75) is 66.7 Å². The first-order valence-electron chi connectivity index (χ1n) is 12.6. The molecule has 38 heavy (non-hydrogen) atoms. The van der Waals surface area contributed by atoms with Gasteiger partial charge in [0, 0.05) is 18.5 Å². The summed E-state index contributed by atoms with van der Waals surface area (Å²) >= 11 is 0. The lowest BCUT2D eigenvalue weighted by atomic mass is 9.98. The molecule has 0 saturated heterocycles. The topological polar surface area (TPSA) is 21.7 Å². The second-order valence-electron chi connectivity index (χ2n) is 10.3. The SMILES string of the molecule is CCN(C/C=C/C#CC(C)(C)C)Cc1cccc(OCC(C)(CC)OCc2c(F)c(F)c(F)c(F)c2F)c1. The first-order chi connectivity index (χ1) is 17.8. The number of hydrogen-bond acceptors (Lipinski definition) is 3. The van der Waals surface area contributed by atoms with Crippen LogP contribution in [0.15, 0.2) is 36.4 Å². The van der Waals surface area contributed by atoms with Crippen molar-refractivity contribution in [1.82, 2.24) is 4.90 Å². The number of likely N-dealkylation sites (N-methyl/N-ethyl adjacent to an activating group) is 1. The van der Waals surface area contributed by atoms with Gasteiger partial charge in [-0.3, -0.25) is 4.90 Å². The molecule has 0 aliphatic rings. The molecule has 0 aromatic heterocycles. The molecule has 0 N–H and O–H groups in total. The Hall–Kier alpha value is -2.89. The first kappa shape index (κ1) is 31.3. The Morgan fingerprint density at radius 1 is 0.921 bits per heavy atom. The molecule has 0 spiro atoms. The average Bonchev–Trinajstić information content (AvgIpc) is 2.88. The first-order valence-corrected chi connectivity index (χ1v) is 12.6. The second kappa shape index (κ2) is 13.8. The molecule has 1 unspecified atom stereocenters. The van der Waals surface area contributed by atoms with Gasteiger partial charge in [0.1, 0.15) is 12.4 Å². The third-order valence-corrected chi connectivity index (χ3v) is 5.92. The average molecular weight is 538 g/mol. The summed E-state index contributed by atoms with van der Waals surface area (Å²) in [6, 6.07) is 7.52. The van der Waals surface area contributed by atoms with E-state index >= 15 is 0 Å². The van der Waals surface area contributed by atoms with Gasteiger partial charge in [0.2, 0.25) is 5.82 Å².